The molecule has 2 aliphatic rings. The van der Waals surface area contributed by atoms with Gasteiger partial charge in [-0.15, -0.1) is 0 Å². The van der Waals surface area contributed by atoms with Gasteiger partial charge in [-0.2, -0.15) is 0 Å². The van der Waals surface area contributed by atoms with Crippen LogP contribution >= 0.6 is 0 Å². The summed E-state index contributed by atoms with van der Waals surface area (Å²) < 4.78 is 26.5. The van der Waals surface area contributed by atoms with E-state index >= 15 is 0 Å². The van der Waals surface area contributed by atoms with Crippen LogP contribution in [0.5, 0.6) is 0 Å². The monoisotopic (exact) mass is 474 g/mol. The van der Waals surface area contributed by atoms with Crippen molar-refractivity contribution in [1.82, 2.24) is 9.88 Å². The molecule has 4 rings (SSSR count). The quantitative estimate of drug-likeness (QED) is 0.497. The fourth-order valence-corrected chi connectivity index (χ4v) is 6.64. The molecule has 4 atom stereocenters. The summed E-state index contributed by atoms with van der Waals surface area (Å²) in [5.41, 5.74) is 1.39. The highest BCUT2D eigenvalue weighted by Gasteiger charge is 2.55. The van der Waals surface area contributed by atoms with Crippen molar-refractivity contribution in [1.29, 1.82) is 0 Å². The molecule has 0 bridgehead atoms. The van der Waals surface area contributed by atoms with Crippen LogP contribution in [0.4, 0.5) is 9.18 Å². The molecule has 1 saturated heterocycles. The topological polar surface area (TPSA) is 54.6 Å². The van der Waals surface area contributed by atoms with Crippen molar-refractivity contribution in [3.8, 4) is 0 Å². The van der Waals surface area contributed by atoms with Gasteiger partial charge >= 0.3 is 6.09 Å². The summed E-state index contributed by atoms with van der Waals surface area (Å²) in [5, 5.41) is 1.13. The molecule has 1 saturated carbocycles. The number of fused-ring (bicyclic) bond motifs is 2. The molecule has 1 amide bonds. The Morgan fingerprint density at radius 1 is 1.15 bits per heavy atom. The number of nitrogens with one attached hydrogen (secondary N) is 1. The lowest BCUT2D eigenvalue weighted by molar-refractivity contribution is 0.0194. The minimum absolute atomic E-state index is 0.0102. The summed E-state index contributed by atoms with van der Waals surface area (Å²) in [4.78, 5) is 18.5. The van der Waals surface area contributed by atoms with Crippen molar-refractivity contribution >= 4 is 25.3 Å². The largest absolute Gasteiger partial charge is 0.444 e. The number of hydrogen-bond acceptors (Lipinski definition) is 3. The summed E-state index contributed by atoms with van der Waals surface area (Å²) >= 11 is 0. The van der Waals surface area contributed by atoms with Crippen LogP contribution in [-0.4, -0.2) is 48.6 Å². The highest BCUT2D eigenvalue weighted by molar-refractivity contribution is 6.74. The standard InChI is InChI=1S/C26H39FN2O3Si/c1-25(2,3)31-24(30)29-15-22(32-33(7,8)26(4,5)6)19-12-11-18(23(19)29)20-14-28-21-13-16(27)9-10-17(20)21/h9-10,13-14,18-19,22-23,28H,11-12,15H2,1-8H3/t18-,19+,22+,23+/m0/s1. The van der Waals surface area contributed by atoms with Crippen LogP contribution in [-0.2, 0) is 9.16 Å². The number of halogens is 1. The zero-order chi connectivity index (χ0) is 24.3. The Kier molecular flexibility index (Phi) is 5.97. The maximum Gasteiger partial charge on any atom is 0.410 e. The first-order chi connectivity index (χ1) is 15.2. The van der Waals surface area contributed by atoms with Gasteiger partial charge in [0.15, 0.2) is 8.32 Å². The van der Waals surface area contributed by atoms with Crippen LogP contribution in [0.15, 0.2) is 24.4 Å². The van der Waals surface area contributed by atoms with Crippen molar-refractivity contribution < 1.29 is 18.3 Å². The molecule has 0 unspecified atom stereocenters. The number of nitrogens with zero attached hydrogens (tertiary/aromatic N) is 1. The lowest BCUT2D eigenvalue weighted by atomic mass is 9.91. The summed E-state index contributed by atoms with van der Waals surface area (Å²) in [7, 11) is -2.01. The van der Waals surface area contributed by atoms with Crippen LogP contribution in [0.2, 0.25) is 18.1 Å². The molecule has 2 heterocycles. The number of ether oxygens (including phenoxy) is 1. The highest BCUT2D eigenvalue weighted by atomic mass is 28.4. The number of carbonyl (C=O) groups is 1. The first-order valence-electron chi connectivity index (χ1n) is 12.1. The molecule has 1 aliphatic heterocycles. The van der Waals surface area contributed by atoms with Crippen molar-refractivity contribution in [2.75, 3.05) is 6.54 Å². The minimum atomic E-state index is -2.01. The van der Waals surface area contributed by atoms with Gasteiger partial charge in [-0.05, 0) is 75.5 Å². The van der Waals surface area contributed by atoms with Gasteiger partial charge in [-0.1, -0.05) is 20.8 Å². The number of hydrogen-bond donors (Lipinski definition) is 1. The Labute approximate surface area is 198 Å². The SMILES string of the molecule is CC(C)(C)OC(=O)N1C[C@@H](O[Si](C)(C)C(C)(C)C)[C@H]2CC[C@@H](c3c[nH]c4cc(F)ccc34)[C@H]21. The molecule has 33 heavy (non-hydrogen) atoms. The molecule has 5 nitrogen and oxygen atoms in total. The number of aromatic nitrogens is 1. The van der Waals surface area contributed by atoms with Crippen molar-refractivity contribution in [3.05, 3.63) is 35.8 Å². The Bertz CT molecular complexity index is 1040. The van der Waals surface area contributed by atoms with Gasteiger partial charge in [0.1, 0.15) is 11.4 Å². The molecule has 2 aromatic rings. The van der Waals surface area contributed by atoms with Gasteiger partial charge in [0.25, 0.3) is 0 Å². The van der Waals surface area contributed by atoms with E-state index in [-0.39, 0.29) is 40.9 Å². The van der Waals surface area contributed by atoms with E-state index in [1.165, 1.54) is 12.1 Å². The first-order valence-corrected chi connectivity index (χ1v) is 15.0. The highest BCUT2D eigenvalue weighted by Crippen LogP contribution is 2.51. The number of likely N-dealkylation sites (tertiary alicyclic amines) is 1. The predicted octanol–water partition coefficient (Wildman–Crippen LogP) is 6.81. The number of carbonyl (C=O) groups excluding carboxylic acids is 1. The summed E-state index contributed by atoms with van der Waals surface area (Å²) in [6, 6.07) is 4.91. The molecular weight excluding hydrogens is 435 g/mol. The normalized spacial score (nSPS) is 26.2. The molecule has 0 radical (unpaired) electrons. The zero-order valence-electron chi connectivity index (χ0n) is 21.3. The van der Waals surface area contributed by atoms with Crippen LogP contribution in [0.1, 0.15) is 65.9 Å². The number of aromatic amines is 1. The second-order valence-electron chi connectivity index (χ2n) is 12.3. The fraction of sp³-hybridized carbons (Fsp3) is 0.654. The van der Waals surface area contributed by atoms with Gasteiger partial charge in [0, 0.05) is 41.5 Å². The Morgan fingerprint density at radius 3 is 2.48 bits per heavy atom. The van der Waals surface area contributed by atoms with E-state index < -0.39 is 13.9 Å². The van der Waals surface area contributed by atoms with Crippen molar-refractivity contribution in [3.63, 3.8) is 0 Å². The van der Waals surface area contributed by atoms with Crippen LogP contribution in [0.3, 0.4) is 0 Å². The Balaban J connectivity index is 1.69. The molecular formula is C26H39FN2O3Si. The summed E-state index contributed by atoms with van der Waals surface area (Å²) in [6.07, 6.45) is 3.71. The molecule has 182 valence electrons. The second-order valence-corrected chi connectivity index (χ2v) is 17.1. The Hall–Kier alpha value is -1.86. The van der Waals surface area contributed by atoms with Gasteiger partial charge in [-0.3, -0.25) is 0 Å². The molecule has 0 spiro atoms. The molecule has 1 aromatic heterocycles. The fourth-order valence-electron chi connectivity index (χ4n) is 5.28. The summed E-state index contributed by atoms with van der Waals surface area (Å²) in [6.45, 7) is 17.6. The van der Waals surface area contributed by atoms with Crippen LogP contribution < -0.4 is 0 Å². The maximum atomic E-state index is 13.8. The summed E-state index contributed by atoms with van der Waals surface area (Å²) in [5.74, 6) is 0.177. The third-order valence-electron chi connectivity index (χ3n) is 7.83. The van der Waals surface area contributed by atoms with Crippen LogP contribution in [0.25, 0.3) is 10.9 Å². The number of benzene rings is 1. The van der Waals surface area contributed by atoms with Crippen molar-refractivity contribution in [2.24, 2.45) is 5.92 Å². The van der Waals surface area contributed by atoms with Gasteiger partial charge < -0.3 is 19.0 Å². The lowest BCUT2D eigenvalue weighted by Gasteiger charge is -2.39. The average Bonchev–Trinajstić information content (AvgIpc) is 3.33. The van der Waals surface area contributed by atoms with E-state index in [0.717, 1.165) is 29.3 Å². The van der Waals surface area contributed by atoms with E-state index in [9.17, 15) is 9.18 Å². The van der Waals surface area contributed by atoms with E-state index in [0.29, 0.717) is 6.54 Å². The first kappa shape index (κ1) is 24.3. The Morgan fingerprint density at radius 2 is 1.85 bits per heavy atom. The van der Waals surface area contributed by atoms with Gasteiger partial charge in [0.05, 0.1) is 6.10 Å². The third-order valence-corrected chi connectivity index (χ3v) is 12.3. The number of rotatable bonds is 3. The minimum Gasteiger partial charge on any atom is -0.444 e. The lowest BCUT2D eigenvalue weighted by Crippen LogP contribution is -2.46. The molecule has 1 aromatic carbocycles. The van der Waals surface area contributed by atoms with E-state index in [2.05, 4.69) is 38.8 Å². The molecule has 7 heteroatoms. The predicted molar refractivity (Wildman–Crippen MR) is 133 cm³/mol. The maximum absolute atomic E-state index is 13.8. The number of H-pyrrole nitrogens is 1. The van der Waals surface area contributed by atoms with Crippen LogP contribution in [0, 0.1) is 11.7 Å². The zero-order valence-corrected chi connectivity index (χ0v) is 22.3. The second kappa shape index (κ2) is 8.12. The average molecular weight is 475 g/mol. The van der Waals surface area contributed by atoms with E-state index in [4.69, 9.17) is 9.16 Å². The molecule has 1 N–H and O–H groups in total. The molecule has 1 aliphatic carbocycles. The van der Waals surface area contributed by atoms with Gasteiger partial charge in [0.2, 0.25) is 0 Å². The van der Waals surface area contributed by atoms with Gasteiger partial charge in [-0.25, -0.2) is 9.18 Å². The molecule has 2 fully saturated rings. The third kappa shape index (κ3) is 4.58. The smallest absolute Gasteiger partial charge is 0.410 e. The van der Waals surface area contributed by atoms with E-state index in [1.807, 2.05) is 37.9 Å². The van der Waals surface area contributed by atoms with E-state index in [1.54, 1.807) is 0 Å². The van der Waals surface area contributed by atoms with Crippen molar-refractivity contribution in [2.45, 2.75) is 96.2 Å². The number of amides is 1.